The number of rotatable bonds is 7. The summed E-state index contributed by atoms with van der Waals surface area (Å²) in [5, 5.41) is 13.4. The highest BCUT2D eigenvalue weighted by molar-refractivity contribution is 7.92. The number of carbonyl (C=O) groups excluding carboxylic acids is 1. The molecule has 3 heterocycles. The van der Waals surface area contributed by atoms with E-state index in [-0.39, 0.29) is 11.4 Å². The van der Waals surface area contributed by atoms with E-state index in [1.807, 2.05) is 6.08 Å². The van der Waals surface area contributed by atoms with E-state index in [4.69, 9.17) is 0 Å². The van der Waals surface area contributed by atoms with E-state index < -0.39 is 38.8 Å². The third-order valence-electron chi connectivity index (χ3n) is 5.10. The van der Waals surface area contributed by atoms with E-state index in [2.05, 4.69) is 30.5 Å². The van der Waals surface area contributed by atoms with Gasteiger partial charge < -0.3 is 10.6 Å². The van der Waals surface area contributed by atoms with Crippen molar-refractivity contribution in [2.45, 2.75) is 19.8 Å². The van der Waals surface area contributed by atoms with Gasteiger partial charge in [0.15, 0.2) is 11.5 Å². The number of nitrogens with one attached hydrogen (secondary N) is 4. The average molecular weight is 477 g/mol. The van der Waals surface area contributed by atoms with Crippen molar-refractivity contribution in [3.8, 4) is 0 Å². The van der Waals surface area contributed by atoms with E-state index in [0.717, 1.165) is 30.7 Å². The number of halogens is 2. The second kappa shape index (κ2) is 9.24. The molecule has 0 aliphatic carbocycles. The minimum Gasteiger partial charge on any atom is -0.320 e. The predicted molar refractivity (Wildman–Crippen MR) is 121 cm³/mol. The molecular formula is C21H22F2N6O3S. The number of aromatic amines is 1. The lowest BCUT2D eigenvalue weighted by atomic mass is 10.0. The lowest BCUT2D eigenvalue weighted by Gasteiger charge is -2.13. The lowest BCUT2D eigenvalue weighted by Crippen LogP contribution is -2.20. The van der Waals surface area contributed by atoms with E-state index in [1.54, 1.807) is 13.0 Å². The van der Waals surface area contributed by atoms with Gasteiger partial charge in [0.1, 0.15) is 11.4 Å². The van der Waals surface area contributed by atoms with Gasteiger partial charge in [-0.15, -0.1) is 0 Å². The third-order valence-corrected chi connectivity index (χ3v) is 6.58. The summed E-state index contributed by atoms with van der Waals surface area (Å²) >= 11 is 0. The molecular weight excluding hydrogens is 454 g/mol. The van der Waals surface area contributed by atoms with Crippen LogP contribution in [0.25, 0.3) is 16.6 Å². The molecule has 0 atom stereocenters. The summed E-state index contributed by atoms with van der Waals surface area (Å²) in [6.07, 6.45) is 4.43. The lowest BCUT2D eigenvalue weighted by molar-refractivity contribution is 0.101. The Morgan fingerprint density at radius 3 is 2.82 bits per heavy atom. The Morgan fingerprint density at radius 2 is 2.09 bits per heavy atom. The molecule has 2 aromatic heterocycles. The zero-order valence-electron chi connectivity index (χ0n) is 17.7. The number of nitrogens with zero attached hydrogens (tertiary/aromatic N) is 2. The first-order valence-electron chi connectivity index (χ1n) is 10.3. The molecule has 0 saturated carbocycles. The standard InChI is InChI=1S/C21H22F2N6O3S/c1-2-9-33(31,32)29-16-4-3-15(22)17(18(16)23)21(30)26-13-10-14-19(12-5-7-24-8-6-12)27-28-20(14)25-11-13/h3-5,10-11,24,29H,2,6-9H2,1H3,(H,26,30)(H,25,27,28). The monoisotopic (exact) mass is 476 g/mol. The summed E-state index contributed by atoms with van der Waals surface area (Å²) in [6, 6.07) is 3.39. The molecule has 1 aliphatic heterocycles. The summed E-state index contributed by atoms with van der Waals surface area (Å²) in [4.78, 5) is 16.9. The number of fused-ring (bicyclic) bond motifs is 1. The summed E-state index contributed by atoms with van der Waals surface area (Å²) in [5.74, 6) is -3.74. The molecule has 9 nitrogen and oxygen atoms in total. The maximum Gasteiger partial charge on any atom is 0.261 e. The van der Waals surface area contributed by atoms with Crippen LogP contribution in [0.15, 0.2) is 30.5 Å². The summed E-state index contributed by atoms with van der Waals surface area (Å²) in [5.41, 5.74) is 1.03. The molecule has 3 aromatic rings. The Bertz CT molecular complexity index is 1350. The SMILES string of the molecule is CCCS(=O)(=O)Nc1ccc(F)c(C(=O)Nc2cnc3[nH]nc(C4=CCNCC4)c3c2)c1F. The van der Waals surface area contributed by atoms with E-state index in [1.165, 1.54) is 6.20 Å². The quantitative estimate of drug-likeness (QED) is 0.415. The second-order valence-corrected chi connectivity index (χ2v) is 9.38. The highest BCUT2D eigenvalue weighted by Gasteiger charge is 2.23. The minimum absolute atomic E-state index is 0.209. The van der Waals surface area contributed by atoms with Crippen molar-refractivity contribution in [1.29, 1.82) is 0 Å². The van der Waals surface area contributed by atoms with Crippen LogP contribution in [0, 0.1) is 11.6 Å². The van der Waals surface area contributed by atoms with Crippen LogP contribution in [0.2, 0.25) is 0 Å². The molecule has 0 spiro atoms. The molecule has 4 rings (SSSR count). The van der Waals surface area contributed by atoms with E-state index in [9.17, 15) is 22.0 Å². The van der Waals surface area contributed by atoms with Crippen LogP contribution >= 0.6 is 0 Å². The number of amides is 1. The Kier molecular flexibility index (Phi) is 6.38. The fraction of sp³-hybridized carbons (Fsp3) is 0.286. The van der Waals surface area contributed by atoms with Crippen molar-refractivity contribution in [2.75, 3.05) is 28.9 Å². The summed E-state index contributed by atoms with van der Waals surface area (Å²) in [7, 11) is -3.83. The minimum atomic E-state index is -3.83. The number of aromatic nitrogens is 3. The molecule has 4 N–H and O–H groups in total. The first kappa shape index (κ1) is 22.8. The molecule has 33 heavy (non-hydrogen) atoms. The molecule has 1 amide bonds. The molecule has 0 radical (unpaired) electrons. The summed E-state index contributed by atoms with van der Waals surface area (Å²) in [6.45, 7) is 3.17. The van der Waals surface area contributed by atoms with Gasteiger partial charge in [0.2, 0.25) is 10.0 Å². The van der Waals surface area contributed by atoms with Crippen LogP contribution in [0.3, 0.4) is 0 Å². The topological polar surface area (TPSA) is 129 Å². The Balaban J connectivity index is 1.63. The van der Waals surface area contributed by atoms with Crippen molar-refractivity contribution >= 4 is 43.9 Å². The van der Waals surface area contributed by atoms with Crippen molar-refractivity contribution in [3.05, 3.63) is 53.4 Å². The Hall–Kier alpha value is -3.38. The van der Waals surface area contributed by atoms with Crippen molar-refractivity contribution in [2.24, 2.45) is 0 Å². The third kappa shape index (κ3) is 4.86. The normalized spacial score (nSPS) is 14.2. The number of anilines is 2. The first-order valence-corrected chi connectivity index (χ1v) is 12.0. The highest BCUT2D eigenvalue weighted by atomic mass is 32.2. The fourth-order valence-corrected chi connectivity index (χ4v) is 4.71. The van der Waals surface area contributed by atoms with Gasteiger partial charge in [0, 0.05) is 11.9 Å². The Morgan fingerprint density at radius 1 is 1.27 bits per heavy atom. The van der Waals surface area contributed by atoms with Gasteiger partial charge in [-0.05, 0) is 43.2 Å². The van der Waals surface area contributed by atoms with Crippen LogP contribution in [0.5, 0.6) is 0 Å². The van der Waals surface area contributed by atoms with Gasteiger partial charge in [-0.1, -0.05) is 13.0 Å². The first-order chi connectivity index (χ1) is 15.8. The van der Waals surface area contributed by atoms with Crippen LogP contribution in [-0.2, 0) is 10.0 Å². The largest absolute Gasteiger partial charge is 0.320 e. The highest BCUT2D eigenvalue weighted by Crippen LogP contribution is 2.28. The number of H-pyrrole nitrogens is 1. The number of hydrogen-bond acceptors (Lipinski definition) is 6. The Labute approximate surface area is 188 Å². The number of hydrogen-bond donors (Lipinski definition) is 4. The molecule has 174 valence electrons. The van der Waals surface area contributed by atoms with Gasteiger partial charge in [-0.3, -0.25) is 14.6 Å². The zero-order chi connectivity index (χ0) is 23.6. The smallest absolute Gasteiger partial charge is 0.261 e. The molecule has 1 aliphatic rings. The van der Waals surface area contributed by atoms with Crippen LogP contribution < -0.4 is 15.4 Å². The van der Waals surface area contributed by atoms with E-state index >= 15 is 0 Å². The van der Waals surface area contributed by atoms with Crippen LogP contribution in [0.4, 0.5) is 20.2 Å². The molecule has 0 unspecified atom stereocenters. The van der Waals surface area contributed by atoms with Gasteiger partial charge in [-0.25, -0.2) is 22.2 Å². The van der Waals surface area contributed by atoms with Gasteiger partial charge in [0.05, 0.1) is 29.0 Å². The maximum absolute atomic E-state index is 14.9. The molecule has 1 aromatic carbocycles. The molecule has 12 heteroatoms. The zero-order valence-corrected chi connectivity index (χ0v) is 18.5. The van der Waals surface area contributed by atoms with Crippen molar-refractivity contribution in [1.82, 2.24) is 20.5 Å². The summed E-state index contributed by atoms with van der Waals surface area (Å²) < 4.78 is 55.2. The molecule has 0 bridgehead atoms. The van der Waals surface area contributed by atoms with Crippen molar-refractivity contribution < 1.29 is 22.0 Å². The second-order valence-electron chi connectivity index (χ2n) is 7.53. The van der Waals surface area contributed by atoms with Gasteiger partial charge in [0.25, 0.3) is 5.91 Å². The van der Waals surface area contributed by atoms with Crippen molar-refractivity contribution in [3.63, 3.8) is 0 Å². The van der Waals surface area contributed by atoms with E-state index in [0.29, 0.717) is 29.7 Å². The van der Waals surface area contributed by atoms with Gasteiger partial charge >= 0.3 is 0 Å². The van der Waals surface area contributed by atoms with Crippen LogP contribution in [0.1, 0.15) is 35.8 Å². The number of sulfonamides is 1. The fourth-order valence-electron chi connectivity index (χ4n) is 3.57. The molecule has 0 saturated heterocycles. The molecule has 0 fully saturated rings. The maximum atomic E-state index is 14.9. The number of pyridine rings is 1. The van der Waals surface area contributed by atoms with Gasteiger partial charge in [-0.2, -0.15) is 5.10 Å². The number of benzene rings is 1. The van der Waals surface area contributed by atoms with Crippen LogP contribution in [-0.4, -0.2) is 48.3 Å². The predicted octanol–water partition coefficient (Wildman–Crippen LogP) is 3.02. The number of carbonyl (C=O) groups is 1. The average Bonchev–Trinajstić information content (AvgIpc) is 3.19.